The Morgan fingerprint density at radius 1 is 1.30 bits per heavy atom. The van der Waals surface area contributed by atoms with Gasteiger partial charge in [-0.05, 0) is 54.8 Å². The highest BCUT2D eigenvalue weighted by atomic mass is 15.6. The monoisotopic (exact) mass is 272 g/mol. The van der Waals surface area contributed by atoms with Gasteiger partial charge in [0, 0.05) is 18.9 Å². The molecule has 0 spiro atoms. The van der Waals surface area contributed by atoms with Crippen molar-refractivity contribution in [3.8, 4) is 0 Å². The van der Waals surface area contributed by atoms with Gasteiger partial charge >= 0.3 is 0 Å². The fourth-order valence-electron chi connectivity index (χ4n) is 3.27. The van der Waals surface area contributed by atoms with E-state index in [2.05, 4.69) is 50.4 Å². The summed E-state index contributed by atoms with van der Waals surface area (Å²) in [6.45, 7) is 1.99. The highest BCUT2D eigenvalue weighted by molar-refractivity contribution is 5.13. The highest BCUT2D eigenvalue weighted by Gasteiger charge is 2.32. The van der Waals surface area contributed by atoms with Gasteiger partial charge in [-0.2, -0.15) is 0 Å². The predicted molar refractivity (Wildman–Crippen MR) is 73.9 cm³/mol. The van der Waals surface area contributed by atoms with Gasteiger partial charge in [0.2, 0.25) is 0 Å². The molecule has 106 valence electrons. The first-order valence-electron chi connectivity index (χ1n) is 7.45. The number of aromatic nitrogens is 5. The first-order valence-corrected chi connectivity index (χ1v) is 7.45. The van der Waals surface area contributed by atoms with Crippen LogP contribution in [0.15, 0.2) is 18.3 Å². The molecule has 0 radical (unpaired) electrons. The third kappa shape index (κ3) is 2.04. The summed E-state index contributed by atoms with van der Waals surface area (Å²) >= 11 is 0. The molecule has 4 rings (SSSR count). The van der Waals surface area contributed by atoms with Gasteiger partial charge in [-0.3, -0.25) is 4.90 Å². The molecule has 1 atom stereocenters. The molecule has 0 N–H and O–H groups in total. The van der Waals surface area contributed by atoms with Gasteiger partial charge in [-0.25, -0.2) is 4.68 Å². The number of hydrogen-bond donors (Lipinski definition) is 0. The summed E-state index contributed by atoms with van der Waals surface area (Å²) in [6.07, 6.45) is 7.04. The Morgan fingerprint density at radius 2 is 2.20 bits per heavy atom. The number of rotatable bonds is 4. The van der Waals surface area contributed by atoms with Crippen LogP contribution in [-0.4, -0.2) is 36.2 Å². The molecule has 2 aromatic rings. The molecule has 1 saturated heterocycles. The minimum atomic E-state index is 0.499. The molecule has 1 aliphatic carbocycles. The molecular formula is C14H20N6. The summed E-state index contributed by atoms with van der Waals surface area (Å²) in [5, 5.41) is 12.2. The van der Waals surface area contributed by atoms with Crippen molar-refractivity contribution in [3.05, 3.63) is 29.8 Å². The molecule has 2 aromatic heterocycles. The largest absolute Gasteiger partial charge is 0.353 e. The van der Waals surface area contributed by atoms with Crippen LogP contribution in [0.3, 0.4) is 0 Å². The second-order valence-corrected chi connectivity index (χ2v) is 5.94. The van der Waals surface area contributed by atoms with Crippen LogP contribution in [0.4, 0.5) is 0 Å². The quantitative estimate of drug-likeness (QED) is 0.850. The van der Waals surface area contributed by atoms with Crippen molar-refractivity contribution in [2.75, 3.05) is 6.54 Å². The fraction of sp³-hybridized carbons (Fsp3) is 0.643. The van der Waals surface area contributed by atoms with Crippen molar-refractivity contribution in [3.63, 3.8) is 0 Å². The number of likely N-dealkylation sites (tertiary alicyclic amines) is 1. The van der Waals surface area contributed by atoms with Crippen molar-refractivity contribution >= 4 is 0 Å². The second-order valence-electron chi connectivity index (χ2n) is 5.94. The van der Waals surface area contributed by atoms with E-state index in [4.69, 9.17) is 0 Å². The molecule has 0 aromatic carbocycles. The summed E-state index contributed by atoms with van der Waals surface area (Å²) in [6, 6.07) is 5.41. The van der Waals surface area contributed by atoms with E-state index >= 15 is 0 Å². The number of aryl methyl sites for hydroxylation is 1. The third-order valence-electron chi connectivity index (χ3n) is 4.49. The van der Waals surface area contributed by atoms with E-state index in [1.54, 1.807) is 0 Å². The summed E-state index contributed by atoms with van der Waals surface area (Å²) in [5.74, 6) is 1.02. The minimum Gasteiger partial charge on any atom is -0.353 e. The molecule has 0 bridgehead atoms. The Kier molecular flexibility index (Phi) is 2.84. The van der Waals surface area contributed by atoms with Crippen molar-refractivity contribution in [1.82, 2.24) is 29.7 Å². The Labute approximate surface area is 118 Å². The van der Waals surface area contributed by atoms with Crippen LogP contribution in [-0.2, 0) is 13.6 Å². The lowest BCUT2D eigenvalue weighted by Crippen LogP contribution is -2.26. The molecule has 1 saturated carbocycles. The zero-order valence-electron chi connectivity index (χ0n) is 11.8. The van der Waals surface area contributed by atoms with E-state index in [0.29, 0.717) is 12.1 Å². The smallest absolute Gasteiger partial charge is 0.165 e. The summed E-state index contributed by atoms with van der Waals surface area (Å²) in [4.78, 5) is 2.51. The van der Waals surface area contributed by atoms with E-state index in [9.17, 15) is 0 Å². The average Bonchev–Trinajstić information content (AvgIpc) is 2.86. The van der Waals surface area contributed by atoms with Gasteiger partial charge in [-0.1, -0.05) is 0 Å². The Morgan fingerprint density at radius 3 is 2.95 bits per heavy atom. The van der Waals surface area contributed by atoms with Crippen LogP contribution in [0.2, 0.25) is 0 Å². The van der Waals surface area contributed by atoms with E-state index in [1.165, 1.54) is 31.4 Å². The van der Waals surface area contributed by atoms with Crippen LogP contribution >= 0.6 is 0 Å². The average molecular weight is 272 g/mol. The lowest BCUT2D eigenvalue weighted by molar-refractivity contribution is 0.230. The van der Waals surface area contributed by atoms with Gasteiger partial charge in [0.05, 0.1) is 18.6 Å². The Bertz CT molecular complexity index is 596. The molecule has 2 aliphatic rings. The van der Waals surface area contributed by atoms with Crippen LogP contribution in [0.1, 0.15) is 49.3 Å². The predicted octanol–water partition coefficient (Wildman–Crippen LogP) is 1.68. The Balaban J connectivity index is 1.55. The highest BCUT2D eigenvalue weighted by Crippen LogP contribution is 2.36. The van der Waals surface area contributed by atoms with E-state index in [-0.39, 0.29) is 0 Å². The first-order chi connectivity index (χ1) is 9.83. The lowest BCUT2D eigenvalue weighted by Gasteiger charge is -2.24. The maximum atomic E-state index is 4.23. The SMILES string of the molecule is Cn1cccc1[C@@H]1CCCN1Cc1nnnn1C1CC1. The third-order valence-corrected chi connectivity index (χ3v) is 4.49. The standard InChI is InChI=1S/C14H20N6/c1-18-8-2-4-12(18)13-5-3-9-19(13)10-14-15-16-17-20(14)11-6-7-11/h2,4,8,11,13H,3,5-7,9-10H2,1H3/t13-/m0/s1. The molecule has 2 fully saturated rings. The summed E-state index contributed by atoms with van der Waals surface area (Å²) in [7, 11) is 2.13. The number of nitrogens with zero attached hydrogens (tertiary/aromatic N) is 6. The van der Waals surface area contributed by atoms with Crippen molar-refractivity contribution in [1.29, 1.82) is 0 Å². The van der Waals surface area contributed by atoms with Gasteiger partial charge in [0.15, 0.2) is 5.82 Å². The molecular weight excluding hydrogens is 252 g/mol. The molecule has 1 aliphatic heterocycles. The molecule has 0 unspecified atom stereocenters. The van der Waals surface area contributed by atoms with Crippen molar-refractivity contribution in [2.24, 2.45) is 7.05 Å². The van der Waals surface area contributed by atoms with Gasteiger partial charge in [-0.15, -0.1) is 5.10 Å². The maximum absolute atomic E-state index is 4.23. The van der Waals surface area contributed by atoms with Crippen LogP contribution < -0.4 is 0 Å². The zero-order valence-corrected chi connectivity index (χ0v) is 11.8. The fourth-order valence-corrected chi connectivity index (χ4v) is 3.27. The van der Waals surface area contributed by atoms with Gasteiger partial charge in [0.25, 0.3) is 0 Å². The second kappa shape index (κ2) is 4.70. The van der Waals surface area contributed by atoms with E-state index < -0.39 is 0 Å². The van der Waals surface area contributed by atoms with Crippen molar-refractivity contribution in [2.45, 2.75) is 44.3 Å². The van der Waals surface area contributed by atoms with Crippen molar-refractivity contribution < 1.29 is 0 Å². The minimum absolute atomic E-state index is 0.499. The number of hydrogen-bond acceptors (Lipinski definition) is 4. The molecule has 6 heteroatoms. The summed E-state index contributed by atoms with van der Waals surface area (Å²) in [5.41, 5.74) is 1.40. The van der Waals surface area contributed by atoms with E-state index in [0.717, 1.165) is 18.9 Å². The van der Waals surface area contributed by atoms with Gasteiger partial charge < -0.3 is 4.57 Å². The number of tetrazole rings is 1. The Hall–Kier alpha value is -1.69. The normalized spacial score (nSPS) is 23.6. The maximum Gasteiger partial charge on any atom is 0.165 e. The zero-order chi connectivity index (χ0) is 13.5. The van der Waals surface area contributed by atoms with Crippen LogP contribution in [0.5, 0.6) is 0 Å². The lowest BCUT2D eigenvalue weighted by atomic mass is 10.1. The molecule has 3 heterocycles. The molecule has 0 amide bonds. The van der Waals surface area contributed by atoms with Crippen LogP contribution in [0, 0.1) is 0 Å². The summed E-state index contributed by atoms with van der Waals surface area (Å²) < 4.78 is 4.26. The van der Waals surface area contributed by atoms with E-state index in [1.807, 2.05) is 4.68 Å². The van der Waals surface area contributed by atoms with Gasteiger partial charge in [0.1, 0.15) is 0 Å². The molecule has 6 nitrogen and oxygen atoms in total. The van der Waals surface area contributed by atoms with Crippen LogP contribution in [0.25, 0.3) is 0 Å². The first kappa shape index (κ1) is 12.1. The molecule has 20 heavy (non-hydrogen) atoms. The topological polar surface area (TPSA) is 51.8 Å².